The summed E-state index contributed by atoms with van der Waals surface area (Å²) in [5.41, 5.74) is 2.67. The van der Waals surface area contributed by atoms with Crippen LogP contribution in [0, 0.1) is 13.8 Å². The predicted octanol–water partition coefficient (Wildman–Crippen LogP) is 3.29. The molecular weight excluding hydrogens is 228 g/mol. The van der Waals surface area contributed by atoms with Crippen LogP contribution < -0.4 is 4.74 Å². The first-order chi connectivity index (χ1) is 8.56. The van der Waals surface area contributed by atoms with Crippen molar-refractivity contribution >= 4 is 0 Å². The van der Waals surface area contributed by atoms with E-state index in [0.717, 1.165) is 16.7 Å². The molecule has 0 saturated carbocycles. The molecule has 18 heavy (non-hydrogen) atoms. The van der Waals surface area contributed by atoms with E-state index in [-0.39, 0.29) is 5.75 Å². The molecule has 3 nitrogen and oxygen atoms in total. The molecule has 2 N–H and O–H groups in total. The number of rotatable bonds is 3. The molecule has 0 bridgehead atoms. The second-order valence-electron chi connectivity index (χ2n) is 4.36. The SMILES string of the molecule is Cc1cc(COc2cccc(O)c2)cc(C)c1O. The first-order valence-corrected chi connectivity index (χ1v) is 5.77. The number of aryl methyl sites for hydroxylation is 2. The fourth-order valence-electron chi connectivity index (χ4n) is 1.87. The maximum atomic E-state index is 9.68. The lowest BCUT2D eigenvalue weighted by Gasteiger charge is -2.10. The van der Waals surface area contributed by atoms with Gasteiger partial charge >= 0.3 is 0 Å². The summed E-state index contributed by atoms with van der Waals surface area (Å²) in [6, 6.07) is 10.5. The van der Waals surface area contributed by atoms with Gasteiger partial charge in [-0.05, 0) is 54.8 Å². The van der Waals surface area contributed by atoms with Gasteiger partial charge in [-0.15, -0.1) is 0 Å². The lowest BCUT2D eigenvalue weighted by Crippen LogP contribution is -1.97. The van der Waals surface area contributed by atoms with Crippen LogP contribution in [0.25, 0.3) is 0 Å². The van der Waals surface area contributed by atoms with E-state index in [0.29, 0.717) is 18.1 Å². The molecule has 0 aliphatic carbocycles. The highest BCUT2D eigenvalue weighted by Gasteiger charge is 2.04. The van der Waals surface area contributed by atoms with Gasteiger partial charge < -0.3 is 14.9 Å². The summed E-state index contributed by atoms with van der Waals surface area (Å²) in [4.78, 5) is 0. The summed E-state index contributed by atoms with van der Waals surface area (Å²) in [7, 11) is 0. The van der Waals surface area contributed by atoms with Crippen molar-refractivity contribution in [3.05, 3.63) is 53.1 Å². The Morgan fingerprint density at radius 3 is 2.28 bits per heavy atom. The third-order valence-electron chi connectivity index (χ3n) is 2.77. The van der Waals surface area contributed by atoms with Gasteiger partial charge in [-0.1, -0.05) is 6.07 Å². The van der Waals surface area contributed by atoms with Gasteiger partial charge in [0.05, 0.1) is 0 Å². The molecule has 0 atom stereocenters. The second-order valence-corrected chi connectivity index (χ2v) is 4.36. The van der Waals surface area contributed by atoms with Crippen LogP contribution in [0.2, 0.25) is 0 Å². The fraction of sp³-hybridized carbons (Fsp3) is 0.200. The summed E-state index contributed by atoms with van der Waals surface area (Å²) >= 11 is 0. The number of phenolic OH excluding ortho intramolecular Hbond substituents is 2. The molecule has 2 rings (SSSR count). The molecule has 0 aliphatic rings. The van der Waals surface area contributed by atoms with Crippen LogP contribution in [-0.4, -0.2) is 10.2 Å². The van der Waals surface area contributed by atoms with Gasteiger partial charge in [-0.25, -0.2) is 0 Å². The lowest BCUT2D eigenvalue weighted by molar-refractivity contribution is 0.304. The highest BCUT2D eigenvalue weighted by Crippen LogP contribution is 2.24. The molecule has 0 aromatic heterocycles. The topological polar surface area (TPSA) is 49.7 Å². The van der Waals surface area contributed by atoms with E-state index >= 15 is 0 Å². The zero-order valence-electron chi connectivity index (χ0n) is 10.5. The van der Waals surface area contributed by atoms with Gasteiger partial charge in [-0.3, -0.25) is 0 Å². The van der Waals surface area contributed by atoms with E-state index in [9.17, 15) is 10.2 Å². The molecule has 3 heteroatoms. The van der Waals surface area contributed by atoms with Gasteiger partial charge in [0.2, 0.25) is 0 Å². The Kier molecular flexibility index (Phi) is 3.42. The van der Waals surface area contributed by atoms with E-state index in [1.54, 1.807) is 24.3 Å². The van der Waals surface area contributed by atoms with Gasteiger partial charge in [0.1, 0.15) is 23.9 Å². The predicted molar refractivity (Wildman–Crippen MR) is 70.0 cm³/mol. The molecule has 94 valence electrons. The summed E-state index contributed by atoms with van der Waals surface area (Å²) in [6.07, 6.45) is 0. The Bertz CT molecular complexity index is 538. The van der Waals surface area contributed by atoms with Gasteiger partial charge in [0.25, 0.3) is 0 Å². The summed E-state index contributed by atoms with van der Waals surface area (Å²) in [5.74, 6) is 1.14. The second kappa shape index (κ2) is 5.00. The third-order valence-corrected chi connectivity index (χ3v) is 2.77. The normalized spacial score (nSPS) is 10.3. The average molecular weight is 244 g/mol. The largest absolute Gasteiger partial charge is 0.508 e. The minimum atomic E-state index is 0.186. The number of ether oxygens (including phenoxy) is 1. The van der Waals surface area contributed by atoms with Crippen molar-refractivity contribution in [2.75, 3.05) is 0 Å². The lowest BCUT2D eigenvalue weighted by atomic mass is 10.1. The highest BCUT2D eigenvalue weighted by atomic mass is 16.5. The van der Waals surface area contributed by atoms with Crippen molar-refractivity contribution in [3.63, 3.8) is 0 Å². The molecular formula is C15H16O3. The molecule has 0 fully saturated rings. The van der Waals surface area contributed by atoms with Gasteiger partial charge in [-0.2, -0.15) is 0 Å². The van der Waals surface area contributed by atoms with Crippen molar-refractivity contribution in [1.29, 1.82) is 0 Å². The molecule has 0 radical (unpaired) electrons. The smallest absolute Gasteiger partial charge is 0.123 e. The molecule has 0 amide bonds. The number of aromatic hydroxyl groups is 2. The van der Waals surface area contributed by atoms with Crippen molar-refractivity contribution in [2.24, 2.45) is 0 Å². The zero-order chi connectivity index (χ0) is 13.1. The molecule has 2 aromatic rings. The monoisotopic (exact) mass is 244 g/mol. The average Bonchev–Trinajstić information content (AvgIpc) is 2.33. The molecule has 2 aromatic carbocycles. The van der Waals surface area contributed by atoms with E-state index in [1.807, 2.05) is 26.0 Å². The Morgan fingerprint density at radius 2 is 1.67 bits per heavy atom. The Balaban J connectivity index is 2.11. The van der Waals surface area contributed by atoms with Crippen LogP contribution in [0.5, 0.6) is 17.2 Å². The van der Waals surface area contributed by atoms with E-state index < -0.39 is 0 Å². The minimum absolute atomic E-state index is 0.186. The number of hydrogen-bond donors (Lipinski definition) is 2. The van der Waals surface area contributed by atoms with Crippen LogP contribution in [0.4, 0.5) is 0 Å². The van der Waals surface area contributed by atoms with Crippen LogP contribution in [-0.2, 0) is 6.61 Å². The molecule has 0 spiro atoms. The summed E-state index contributed by atoms with van der Waals surface area (Å²) in [5, 5.41) is 19.0. The quantitative estimate of drug-likeness (QED) is 0.871. The van der Waals surface area contributed by atoms with Crippen molar-refractivity contribution in [1.82, 2.24) is 0 Å². The van der Waals surface area contributed by atoms with Crippen LogP contribution in [0.3, 0.4) is 0 Å². The maximum Gasteiger partial charge on any atom is 0.123 e. The highest BCUT2D eigenvalue weighted by molar-refractivity contribution is 5.42. The van der Waals surface area contributed by atoms with Crippen molar-refractivity contribution in [3.8, 4) is 17.2 Å². The van der Waals surface area contributed by atoms with E-state index in [4.69, 9.17) is 4.74 Å². The fourth-order valence-corrected chi connectivity index (χ4v) is 1.87. The Morgan fingerprint density at radius 1 is 1.00 bits per heavy atom. The van der Waals surface area contributed by atoms with E-state index in [2.05, 4.69) is 0 Å². The maximum absolute atomic E-state index is 9.68. The first kappa shape index (κ1) is 12.3. The van der Waals surface area contributed by atoms with Crippen molar-refractivity contribution in [2.45, 2.75) is 20.5 Å². The van der Waals surface area contributed by atoms with Gasteiger partial charge in [0.15, 0.2) is 0 Å². The molecule has 0 unspecified atom stereocenters. The van der Waals surface area contributed by atoms with E-state index in [1.165, 1.54) is 0 Å². The molecule has 0 heterocycles. The first-order valence-electron chi connectivity index (χ1n) is 5.77. The zero-order valence-corrected chi connectivity index (χ0v) is 10.5. The van der Waals surface area contributed by atoms with Crippen molar-refractivity contribution < 1.29 is 14.9 Å². The molecule has 0 saturated heterocycles. The third kappa shape index (κ3) is 2.74. The minimum Gasteiger partial charge on any atom is -0.508 e. The number of hydrogen-bond acceptors (Lipinski definition) is 3. The van der Waals surface area contributed by atoms with Gasteiger partial charge in [0, 0.05) is 6.07 Å². The van der Waals surface area contributed by atoms with Crippen LogP contribution >= 0.6 is 0 Å². The standard InChI is InChI=1S/C15H16O3/c1-10-6-12(7-11(2)15(10)17)9-18-14-5-3-4-13(16)8-14/h3-8,16-17H,9H2,1-2H3. The Hall–Kier alpha value is -2.16. The van der Waals surface area contributed by atoms with Crippen LogP contribution in [0.1, 0.15) is 16.7 Å². The Labute approximate surface area is 106 Å². The number of phenols is 2. The van der Waals surface area contributed by atoms with Crippen LogP contribution in [0.15, 0.2) is 36.4 Å². The number of benzene rings is 2. The summed E-state index contributed by atoms with van der Waals surface area (Å²) in [6.45, 7) is 4.13. The molecule has 0 aliphatic heterocycles. The summed E-state index contributed by atoms with van der Waals surface area (Å²) < 4.78 is 5.58.